The maximum absolute atomic E-state index is 12.7. The van der Waals surface area contributed by atoms with Crippen LogP contribution in [0.2, 0.25) is 0 Å². The molecule has 2 amide bonds. The van der Waals surface area contributed by atoms with E-state index in [2.05, 4.69) is 10.3 Å². The molecule has 1 aromatic heterocycles. The van der Waals surface area contributed by atoms with Crippen molar-refractivity contribution in [2.45, 2.75) is 13.8 Å². The minimum atomic E-state index is -0.277. The lowest BCUT2D eigenvalue weighted by molar-refractivity contribution is -0.119. The minimum Gasteiger partial charge on any atom is -0.324 e. The van der Waals surface area contributed by atoms with Crippen LogP contribution in [0.25, 0.3) is 0 Å². The van der Waals surface area contributed by atoms with Gasteiger partial charge >= 0.3 is 0 Å². The third-order valence-electron chi connectivity index (χ3n) is 3.44. The van der Waals surface area contributed by atoms with Gasteiger partial charge in [-0.05, 0) is 19.1 Å². The average Bonchev–Trinajstić information content (AvgIpc) is 2.86. The van der Waals surface area contributed by atoms with Crippen LogP contribution < -0.4 is 10.2 Å². The van der Waals surface area contributed by atoms with E-state index in [4.69, 9.17) is 0 Å². The highest BCUT2D eigenvalue weighted by Crippen LogP contribution is 2.31. The van der Waals surface area contributed by atoms with Crippen LogP contribution in [0.15, 0.2) is 29.6 Å². The molecular formula is C15H15N3O2S. The number of hydrogen-bond acceptors (Lipinski definition) is 4. The Morgan fingerprint density at radius 3 is 2.90 bits per heavy atom. The van der Waals surface area contributed by atoms with Gasteiger partial charge < -0.3 is 10.2 Å². The van der Waals surface area contributed by atoms with Crippen LogP contribution >= 0.6 is 11.3 Å². The normalized spacial score (nSPS) is 17.9. The number of benzene rings is 1. The number of aromatic nitrogens is 1. The van der Waals surface area contributed by atoms with Crippen molar-refractivity contribution >= 4 is 34.5 Å². The van der Waals surface area contributed by atoms with E-state index < -0.39 is 0 Å². The fourth-order valence-corrected chi connectivity index (χ4v) is 2.90. The van der Waals surface area contributed by atoms with Gasteiger partial charge in [0.15, 0.2) is 0 Å². The third kappa shape index (κ3) is 2.54. The second-order valence-electron chi connectivity index (χ2n) is 5.07. The molecule has 0 spiro atoms. The molecule has 1 aliphatic rings. The minimum absolute atomic E-state index is 0.0767. The lowest BCUT2D eigenvalue weighted by Gasteiger charge is -2.22. The maximum Gasteiger partial charge on any atom is 0.277 e. The van der Waals surface area contributed by atoms with Gasteiger partial charge in [-0.25, -0.2) is 4.98 Å². The molecule has 1 N–H and O–H groups in total. The summed E-state index contributed by atoms with van der Waals surface area (Å²) in [5.41, 5.74) is 1.80. The number of hydrogen-bond donors (Lipinski definition) is 1. The van der Waals surface area contributed by atoms with Crippen molar-refractivity contribution in [2.24, 2.45) is 5.92 Å². The first-order chi connectivity index (χ1) is 10.1. The summed E-state index contributed by atoms with van der Waals surface area (Å²) in [4.78, 5) is 30.6. The first-order valence-corrected chi connectivity index (χ1v) is 7.58. The number of amides is 2. The Morgan fingerprint density at radius 2 is 2.19 bits per heavy atom. The zero-order chi connectivity index (χ0) is 15.0. The fourth-order valence-electron chi connectivity index (χ4n) is 2.32. The van der Waals surface area contributed by atoms with Crippen LogP contribution in [0, 0.1) is 12.8 Å². The summed E-state index contributed by atoms with van der Waals surface area (Å²) in [6.07, 6.45) is 0. The molecule has 21 heavy (non-hydrogen) atoms. The van der Waals surface area contributed by atoms with Gasteiger partial charge in [0.2, 0.25) is 5.91 Å². The Morgan fingerprint density at radius 1 is 1.43 bits per heavy atom. The number of rotatable bonds is 1. The molecule has 1 unspecified atom stereocenters. The molecule has 0 bridgehead atoms. The van der Waals surface area contributed by atoms with E-state index in [0.717, 1.165) is 5.01 Å². The van der Waals surface area contributed by atoms with Crippen LogP contribution in [-0.2, 0) is 4.79 Å². The molecule has 5 nitrogen and oxygen atoms in total. The van der Waals surface area contributed by atoms with Crippen molar-refractivity contribution in [2.75, 3.05) is 16.8 Å². The molecule has 1 aliphatic heterocycles. The molecular weight excluding hydrogens is 286 g/mol. The van der Waals surface area contributed by atoms with Gasteiger partial charge in [0.25, 0.3) is 5.91 Å². The molecule has 0 saturated heterocycles. The lowest BCUT2D eigenvalue weighted by atomic mass is 10.1. The molecule has 1 aromatic carbocycles. The fraction of sp³-hybridized carbons (Fsp3) is 0.267. The average molecular weight is 301 g/mol. The Balaban J connectivity index is 2.04. The SMILES string of the molecule is Cc1nc(C(=O)N2CC(C)C(=O)Nc3ccccc32)cs1. The predicted molar refractivity (Wildman–Crippen MR) is 82.8 cm³/mol. The Kier molecular flexibility index (Phi) is 3.47. The van der Waals surface area contributed by atoms with E-state index >= 15 is 0 Å². The van der Waals surface area contributed by atoms with Crippen LogP contribution in [0.4, 0.5) is 11.4 Å². The Bertz CT molecular complexity index is 710. The van der Waals surface area contributed by atoms with E-state index in [1.807, 2.05) is 32.0 Å². The summed E-state index contributed by atoms with van der Waals surface area (Å²) >= 11 is 1.44. The molecule has 2 aromatic rings. The topological polar surface area (TPSA) is 62.3 Å². The van der Waals surface area contributed by atoms with Crippen LogP contribution in [0.1, 0.15) is 22.4 Å². The molecule has 108 valence electrons. The number of carbonyl (C=O) groups excluding carboxylic acids is 2. The van der Waals surface area contributed by atoms with Crippen molar-refractivity contribution in [3.05, 3.63) is 40.3 Å². The lowest BCUT2D eigenvalue weighted by Crippen LogP contribution is -2.36. The van der Waals surface area contributed by atoms with Gasteiger partial charge in [0, 0.05) is 11.9 Å². The third-order valence-corrected chi connectivity index (χ3v) is 4.21. The van der Waals surface area contributed by atoms with Crippen LogP contribution in [-0.4, -0.2) is 23.3 Å². The van der Waals surface area contributed by atoms with Crippen molar-refractivity contribution < 1.29 is 9.59 Å². The first kappa shape index (κ1) is 13.8. The zero-order valence-corrected chi connectivity index (χ0v) is 12.6. The summed E-state index contributed by atoms with van der Waals surface area (Å²) in [6.45, 7) is 4.03. The molecule has 3 rings (SSSR count). The van der Waals surface area contributed by atoms with Crippen molar-refractivity contribution in [3.63, 3.8) is 0 Å². The maximum atomic E-state index is 12.7. The molecule has 1 atom stereocenters. The summed E-state index contributed by atoms with van der Waals surface area (Å²) < 4.78 is 0. The number of thiazole rings is 1. The Hall–Kier alpha value is -2.21. The summed E-state index contributed by atoms with van der Waals surface area (Å²) in [6, 6.07) is 7.33. The van der Waals surface area contributed by atoms with Gasteiger partial charge in [0.1, 0.15) is 5.69 Å². The Labute approximate surface area is 126 Å². The van der Waals surface area contributed by atoms with E-state index in [-0.39, 0.29) is 17.7 Å². The van der Waals surface area contributed by atoms with Crippen molar-refractivity contribution in [1.29, 1.82) is 0 Å². The van der Waals surface area contributed by atoms with Gasteiger partial charge in [-0.3, -0.25) is 9.59 Å². The van der Waals surface area contributed by atoms with Gasteiger partial charge in [-0.2, -0.15) is 0 Å². The summed E-state index contributed by atoms with van der Waals surface area (Å²) in [5.74, 6) is -0.525. The van der Waals surface area contributed by atoms with Gasteiger partial charge in [-0.1, -0.05) is 19.1 Å². The van der Waals surface area contributed by atoms with E-state index in [9.17, 15) is 9.59 Å². The summed E-state index contributed by atoms with van der Waals surface area (Å²) in [7, 11) is 0. The zero-order valence-electron chi connectivity index (χ0n) is 11.8. The second kappa shape index (κ2) is 5.29. The highest BCUT2D eigenvalue weighted by molar-refractivity contribution is 7.09. The number of anilines is 2. The largest absolute Gasteiger partial charge is 0.324 e. The number of para-hydroxylation sites is 2. The number of nitrogens with one attached hydrogen (secondary N) is 1. The molecule has 0 aliphatic carbocycles. The summed E-state index contributed by atoms with van der Waals surface area (Å²) in [5, 5.41) is 5.47. The molecule has 2 heterocycles. The first-order valence-electron chi connectivity index (χ1n) is 6.70. The standard InChI is InChI=1S/C15H15N3O2S/c1-9-7-18(15(20)12-8-21-10(2)16-12)13-6-4-3-5-11(13)17-14(9)19/h3-6,8-9H,7H2,1-2H3,(H,17,19). The quantitative estimate of drug-likeness (QED) is 0.881. The van der Waals surface area contributed by atoms with Gasteiger partial charge in [-0.15, -0.1) is 11.3 Å². The van der Waals surface area contributed by atoms with Crippen LogP contribution in [0.3, 0.4) is 0 Å². The highest BCUT2D eigenvalue weighted by atomic mass is 32.1. The van der Waals surface area contributed by atoms with Crippen molar-refractivity contribution in [1.82, 2.24) is 4.98 Å². The van der Waals surface area contributed by atoms with Gasteiger partial charge in [0.05, 0.1) is 22.3 Å². The molecule has 0 saturated carbocycles. The predicted octanol–water partition coefficient (Wildman–Crippen LogP) is 2.69. The smallest absolute Gasteiger partial charge is 0.277 e. The number of fused-ring (bicyclic) bond motifs is 1. The molecule has 0 fully saturated rings. The highest BCUT2D eigenvalue weighted by Gasteiger charge is 2.29. The number of aryl methyl sites for hydroxylation is 1. The van der Waals surface area contributed by atoms with E-state index in [1.54, 1.807) is 16.3 Å². The van der Waals surface area contributed by atoms with Crippen LogP contribution in [0.5, 0.6) is 0 Å². The number of nitrogens with zero attached hydrogens (tertiary/aromatic N) is 2. The monoisotopic (exact) mass is 301 g/mol. The number of carbonyl (C=O) groups is 2. The second-order valence-corrected chi connectivity index (χ2v) is 6.14. The van der Waals surface area contributed by atoms with Crippen molar-refractivity contribution in [3.8, 4) is 0 Å². The van der Waals surface area contributed by atoms with E-state index in [0.29, 0.717) is 23.6 Å². The molecule has 6 heteroatoms. The molecule has 0 radical (unpaired) electrons. The van der Waals surface area contributed by atoms with E-state index in [1.165, 1.54) is 11.3 Å².